The Balaban J connectivity index is 1.45. The van der Waals surface area contributed by atoms with Crippen LogP contribution in [0.25, 0.3) is 11.5 Å². The van der Waals surface area contributed by atoms with E-state index in [1.54, 1.807) is 10.7 Å². The summed E-state index contributed by atoms with van der Waals surface area (Å²) < 4.78 is 31.4. The summed E-state index contributed by atoms with van der Waals surface area (Å²) in [7, 11) is -3.07. The fourth-order valence-corrected chi connectivity index (χ4v) is 5.55. The van der Waals surface area contributed by atoms with E-state index in [2.05, 4.69) is 15.4 Å². The minimum absolute atomic E-state index is 0.0342. The van der Waals surface area contributed by atoms with Crippen molar-refractivity contribution in [2.45, 2.75) is 38.1 Å². The van der Waals surface area contributed by atoms with Crippen LogP contribution in [-0.2, 0) is 9.84 Å². The molecule has 0 bridgehead atoms. The number of hydrogen-bond acceptors (Lipinski definition) is 6. The minimum atomic E-state index is -3.07. The van der Waals surface area contributed by atoms with Gasteiger partial charge in [0.15, 0.2) is 15.5 Å². The molecule has 0 radical (unpaired) electrons. The van der Waals surface area contributed by atoms with Crippen molar-refractivity contribution < 1.29 is 17.6 Å². The first-order valence-corrected chi connectivity index (χ1v) is 11.9. The topological polar surface area (TPSA) is 107 Å². The zero-order valence-electron chi connectivity index (χ0n) is 16.5. The predicted octanol–water partition coefficient (Wildman–Crippen LogP) is 3.34. The lowest BCUT2D eigenvalue weighted by molar-refractivity contribution is 0.101. The number of anilines is 1. The smallest absolute Gasteiger partial charge is 0.279 e. The molecule has 0 spiro atoms. The lowest BCUT2D eigenvalue weighted by Gasteiger charge is -2.13. The van der Waals surface area contributed by atoms with Gasteiger partial charge in [-0.25, -0.2) is 18.1 Å². The first-order valence-electron chi connectivity index (χ1n) is 10.0. The molecule has 2 aromatic heterocycles. The van der Waals surface area contributed by atoms with E-state index in [9.17, 15) is 13.2 Å². The van der Waals surface area contributed by atoms with Crippen molar-refractivity contribution >= 4 is 21.6 Å². The highest BCUT2D eigenvalue weighted by atomic mass is 32.2. The maximum absolute atomic E-state index is 13.1. The van der Waals surface area contributed by atoms with Crippen LogP contribution in [0.4, 0.5) is 5.82 Å². The number of aromatic nitrogens is 3. The molecule has 3 aromatic rings. The molecule has 1 atom stereocenters. The summed E-state index contributed by atoms with van der Waals surface area (Å²) in [6, 6.07) is 11.0. The van der Waals surface area contributed by atoms with Crippen molar-refractivity contribution in [1.82, 2.24) is 14.8 Å². The zero-order chi connectivity index (χ0) is 20.9. The Morgan fingerprint density at radius 1 is 1.20 bits per heavy atom. The van der Waals surface area contributed by atoms with Crippen molar-refractivity contribution in [1.29, 1.82) is 0 Å². The van der Waals surface area contributed by atoms with Crippen LogP contribution in [0.5, 0.6) is 0 Å². The average Bonchev–Trinajstić information content (AvgIpc) is 3.19. The van der Waals surface area contributed by atoms with Gasteiger partial charge in [-0.3, -0.25) is 4.79 Å². The molecule has 1 amide bonds. The van der Waals surface area contributed by atoms with Gasteiger partial charge in [0.05, 0.1) is 23.2 Å². The van der Waals surface area contributed by atoms with Gasteiger partial charge < -0.3 is 9.73 Å². The van der Waals surface area contributed by atoms with Gasteiger partial charge in [0.25, 0.3) is 5.91 Å². The molecule has 156 valence electrons. The molecule has 8 nitrogen and oxygen atoms in total. The quantitative estimate of drug-likeness (QED) is 0.671. The Hall–Kier alpha value is -2.94. The normalized spacial score (nSPS) is 20.4. The number of hydrogen-bond donors (Lipinski definition) is 1. The largest absolute Gasteiger partial charge is 0.440 e. The second kappa shape index (κ2) is 7.09. The van der Waals surface area contributed by atoms with Crippen LogP contribution in [0.2, 0.25) is 0 Å². The van der Waals surface area contributed by atoms with E-state index in [0.717, 1.165) is 18.4 Å². The summed E-state index contributed by atoms with van der Waals surface area (Å²) in [6.07, 6.45) is 2.43. The highest BCUT2D eigenvalue weighted by Gasteiger charge is 2.35. The Morgan fingerprint density at radius 2 is 1.97 bits per heavy atom. The Kier molecular flexibility index (Phi) is 4.50. The third-order valence-electron chi connectivity index (χ3n) is 5.49. The highest BCUT2D eigenvalue weighted by molar-refractivity contribution is 7.91. The minimum Gasteiger partial charge on any atom is -0.440 e. The van der Waals surface area contributed by atoms with Gasteiger partial charge in [0.2, 0.25) is 5.89 Å². The Labute approximate surface area is 174 Å². The van der Waals surface area contributed by atoms with Crippen LogP contribution in [0.1, 0.15) is 53.2 Å². The van der Waals surface area contributed by atoms with E-state index >= 15 is 0 Å². The number of nitrogens with zero attached hydrogens (tertiary/aromatic N) is 3. The Morgan fingerprint density at radius 3 is 2.63 bits per heavy atom. The molecule has 1 aromatic carbocycles. The number of amides is 1. The van der Waals surface area contributed by atoms with Crippen LogP contribution >= 0.6 is 0 Å². The maximum Gasteiger partial charge on any atom is 0.279 e. The van der Waals surface area contributed by atoms with Crippen LogP contribution < -0.4 is 5.32 Å². The fourth-order valence-electron chi connectivity index (χ4n) is 3.85. The molecule has 2 fully saturated rings. The summed E-state index contributed by atoms with van der Waals surface area (Å²) in [4.78, 5) is 17.6. The summed E-state index contributed by atoms with van der Waals surface area (Å²) in [5, 5.41) is 7.31. The van der Waals surface area contributed by atoms with Gasteiger partial charge in [0.1, 0.15) is 11.6 Å². The molecule has 1 aliphatic carbocycles. The lowest BCUT2D eigenvalue weighted by Crippen LogP contribution is -2.20. The van der Waals surface area contributed by atoms with E-state index < -0.39 is 9.84 Å². The predicted molar refractivity (Wildman–Crippen MR) is 111 cm³/mol. The first kappa shape index (κ1) is 19.0. The molecule has 2 aliphatic rings. The monoisotopic (exact) mass is 426 g/mol. The third-order valence-corrected chi connectivity index (χ3v) is 7.24. The van der Waals surface area contributed by atoms with Gasteiger partial charge >= 0.3 is 0 Å². The van der Waals surface area contributed by atoms with Gasteiger partial charge in [-0.1, -0.05) is 18.2 Å². The van der Waals surface area contributed by atoms with Crippen LogP contribution in [0.3, 0.4) is 0 Å². The van der Waals surface area contributed by atoms with Crippen molar-refractivity contribution in [3.05, 3.63) is 53.5 Å². The number of benzene rings is 1. The van der Waals surface area contributed by atoms with Gasteiger partial charge in [-0.05, 0) is 38.3 Å². The number of rotatable bonds is 5. The average molecular weight is 426 g/mol. The molecular formula is C21H22N4O4S. The number of carbonyl (C=O) groups excluding carboxylic acids is 1. The number of oxazole rings is 1. The summed E-state index contributed by atoms with van der Waals surface area (Å²) >= 11 is 0. The molecule has 1 unspecified atom stereocenters. The molecule has 1 aliphatic heterocycles. The number of nitrogens with one attached hydrogen (secondary N) is 1. The van der Waals surface area contributed by atoms with E-state index in [-0.39, 0.29) is 35.1 Å². The summed E-state index contributed by atoms with van der Waals surface area (Å²) in [5.74, 6) is 1.52. The number of sulfone groups is 1. The second-order valence-electron chi connectivity index (χ2n) is 8.00. The summed E-state index contributed by atoms with van der Waals surface area (Å²) in [5.41, 5.74) is 1.80. The zero-order valence-corrected chi connectivity index (χ0v) is 17.4. The van der Waals surface area contributed by atoms with Crippen LogP contribution in [-0.4, -0.2) is 40.6 Å². The van der Waals surface area contributed by atoms with E-state index in [0.29, 0.717) is 29.6 Å². The SMILES string of the molecule is Cc1cc(NC(=O)c2nc(-c3ccccc3)oc2C2CC2)n(C2CCS(=O)(=O)C2)n1. The van der Waals surface area contributed by atoms with E-state index in [1.807, 2.05) is 37.3 Å². The van der Waals surface area contributed by atoms with E-state index in [4.69, 9.17) is 4.42 Å². The molecule has 1 saturated heterocycles. The summed E-state index contributed by atoms with van der Waals surface area (Å²) in [6.45, 7) is 1.81. The fraction of sp³-hybridized carbons (Fsp3) is 0.381. The molecule has 3 heterocycles. The van der Waals surface area contributed by atoms with Gasteiger partial charge in [-0.15, -0.1) is 0 Å². The molecule has 9 heteroatoms. The molecular weight excluding hydrogens is 404 g/mol. The third kappa shape index (κ3) is 3.65. The van der Waals surface area contributed by atoms with E-state index in [1.165, 1.54) is 0 Å². The van der Waals surface area contributed by atoms with Crippen molar-refractivity contribution in [2.75, 3.05) is 16.8 Å². The molecule has 1 N–H and O–H groups in total. The highest BCUT2D eigenvalue weighted by Crippen LogP contribution is 2.43. The molecule has 1 saturated carbocycles. The van der Waals surface area contributed by atoms with Crippen molar-refractivity contribution in [3.63, 3.8) is 0 Å². The Bertz CT molecular complexity index is 1210. The van der Waals surface area contributed by atoms with Crippen molar-refractivity contribution in [2.24, 2.45) is 0 Å². The maximum atomic E-state index is 13.1. The molecule has 5 rings (SSSR count). The lowest BCUT2D eigenvalue weighted by atomic mass is 10.2. The molecule has 30 heavy (non-hydrogen) atoms. The van der Waals surface area contributed by atoms with Gasteiger partial charge in [-0.2, -0.15) is 5.10 Å². The standard InChI is InChI=1S/C21H22N4O4S/c1-13-11-17(25(24-13)16-9-10-30(27,28)12-16)22-20(26)18-19(14-7-8-14)29-21(23-18)15-5-3-2-4-6-15/h2-6,11,14,16H,7-10,12H2,1H3,(H,22,26). The second-order valence-corrected chi connectivity index (χ2v) is 10.2. The van der Waals surface area contributed by atoms with Crippen LogP contribution in [0.15, 0.2) is 40.8 Å². The van der Waals surface area contributed by atoms with Crippen molar-refractivity contribution in [3.8, 4) is 11.5 Å². The number of carbonyl (C=O) groups is 1. The number of aryl methyl sites for hydroxylation is 1. The van der Waals surface area contributed by atoms with Gasteiger partial charge in [0, 0.05) is 17.5 Å². The van der Waals surface area contributed by atoms with Crippen LogP contribution in [0, 0.1) is 6.92 Å². The first-order chi connectivity index (χ1) is 14.4.